The van der Waals surface area contributed by atoms with Crippen molar-refractivity contribution in [3.63, 3.8) is 0 Å². The molecule has 1 aromatic carbocycles. The smallest absolute Gasteiger partial charge is 0.219 e. The van der Waals surface area contributed by atoms with E-state index in [0.29, 0.717) is 18.9 Å². The van der Waals surface area contributed by atoms with Gasteiger partial charge in [-0.25, -0.2) is 0 Å². The molecule has 0 fully saturated rings. The van der Waals surface area contributed by atoms with Crippen molar-refractivity contribution in [1.29, 1.82) is 0 Å². The summed E-state index contributed by atoms with van der Waals surface area (Å²) < 4.78 is 1.74. The van der Waals surface area contributed by atoms with Gasteiger partial charge in [-0.1, -0.05) is 52.0 Å². The van der Waals surface area contributed by atoms with Crippen molar-refractivity contribution in [1.82, 2.24) is 9.78 Å². The number of nitrogens with zero attached hydrogens (tertiary/aromatic N) is 2. The number of carbonyl (C=O) groups excluding carboxylic acids is 1. The lowest BCUT2D eigenvalue weighted by Gasteiger charge is -2.19. The summed E-state index contributed by atoms with van der Waals surface area (Å²) in [4.78, 5) is 10.8. The normalized spacial score (nSPS) is 12.8. The van der Waals surface area contributed by atoms with Gasteiger partial charge in [0.05, 0.1) is 0 Å². The molecule has 0 aliphatic heterocycles. The molecule has 0 spiro atoms. The number of nitrogens with one attached hydrogen (secondary N) is 1. The Kier molecular flexibility index (Phi) is 6.23. The van der Waals surface area contributed by atoms with E-state index in [1.807, 2.05) is 12.3 Å². The second-order valence-corrected chi connectivity index (χ2v) is 7.82. The van der Waals surface area contributed by atoms with Crippen molar-refractivity contribution in [2.45, 2.75) is 52.5 Å². The number of aryl methyl sites for hydroxylation is 1. The number of hydrogen-bond acceptors (Lipinski definition) is 3. The molecule has 0 saturated carbocycles. The van der Waals surface area contributed by atoms with E-state index in [2.05, 4.69) is 62.4 Å². The first-order valence-corrected chi connectivity index (χ1v) is 8.89. The summed E-state index contributed by atoms with van der Waals surface area (Å²) in [6, 6.07) is 10.9. The van der Waals surface area contributed by atoms with Crippen LogP contribution in [0.3, 0.4) is 0 Å². The number of nitrogens with two attached hydrogens (primary N) is 1. The number of carbonyl (C=O) groups is 1. The Morgan fingerprint density at radius 1 is 1.24 bits per heavy atom. The molecule has 1 heterocycles. The molecule has 1 amide bonds. The maximum atomic E-state index is 10.8. The minimum atomic E-state index is -0.309. The summed E-state index contributed by atoms with van der Waals surface area (Å²) in [6.45, 7) is 10.3. The zero-order valence-corrected chi connectivity index (χ0v) is 15.7. The number of benzene rings is 1. The summed E-state index contributed by atoms with van der Waals surface area (Å²) >= 11 is 0. The molecule has 25 heavy (non-hydrogen) atoms. The first-order valence-electron chi connectivity index (χ1n) is 8.89. The van der Waals surface area contributed by atoms with E-state index in [9.17, 15) is 4.79 Å². The molecule has 136 valence electrons. The lowest BCUT2D eigenvalue weighted by Crippen LogP contribution is -2.16. The lowest BCUT2D eigenvalue weighted by molar-refractivity contribution is -0.118. The van der Waals surface area contributed by atoms with Crippen LogP contribution in [0.1, 0.15) is 45.2 Å². The van der Waals surface area contributed by atoms with Gasteiger partial charge in [0.2, 0.25) is 5.91 Å². The molecule has 2 rings (SSSR count). The van der Waals surface area contributed by atoms with Gasteiger partial charge in [0.1, 0.15) is 5.82 Å². The summed E-state index contributed by atoms with van der Waals surface area (Å²) in [5.74, 6) is 1.02. The first-order chi connectivity index (χ1) is 11.7. The predicted octanol–water partition coefficient (Wildman–Crippen LogP) is 3.35. The molecular formula is C20H30N4O. The van der Waals surface area contributed by atoms with Gasteiger partial charge in [-0.05, 0) is 28.9 Å². The molecule has 0 aliphatic rings. The van der Waals surface area contributed by atoms with Crippen LogP contribution in [0.15, 0.2) is 36.5 Å². The van der Waals surface area contributed by atoms with Crippen LogP contribution in [0.25, 0.3) is 0 Å². The number of amides is 1. The molecule has 0 saturated heterocycles. The predicted molar refractivity (Wildman–Crippen MR) is 103 cm³/mol. The second kappa shape index (κ2) is 8.19. The summed E-state index contributed by atoms with van der Waals surface area (Å²) in [5.41, 5.74) is 8.07. The van der Waals surface area contributed by atoms with Crippen LogP contribution in [0, 0.1) is 5.92 Å². The van der Waals surface area contributed by atoms with Crippen LogP contribution in [0.4, 0.5) is 5.82 Å². The van der Waals surface area contributed by atoms with Crippen molar-refractivity contribution in [3.8, 4) is 0 Å². The molecule has 5 nitrogen and oxygen atoms in total. The maximum Gasteiger partial charge on any atom is 0.219 e. The van der Waals surface area contributed by atoms with E-state index >= 15 is 0 Å². The Bertz CT molecular complexity index is 682. The van der Waals surface area contributed by atoms with E-state index in [0.717, 1.165) is 18.8 Å². The SMILES string of the molecule is C[C@H](CNc1ccn(CCC(N)=O)n1)Cc1ccc(C(C)(C)C)cc1. The van der Waals surface area contributed by atoms with Gasteiger partial charge >= 0.3 is 0 Å². The highest BCUT2D eigenvalue weighted by Gasteiger charge is 2.13. The molecule has 0 unspecified atom stereocenters. The van der Waals surface area contributed by atoms with Gasteiger partial charge in [0.25, 0.3) is 0 Å². The average Bonchev–Trinajstić information content (AvgIpc) is 2.98. The van der Waals surface area contributed by atoms with Crippen LogP contribution in [-0.4, -0.2) is 22.2 Å². The minimum absolute atomic E-state index is 0.193. The Balaban J connectivity index is 1.80. The van der Waals surface area contributed by atoms with Crippen molar-refractivity contribution < 1.29 is 4.79 Å². The summed E-state index contributed by atoms with van der Waals surface area (Å²) in [5, 5.41) is 7.76. The van der Waals surface area contributed by atoms with Crippen molar-refractivity contribution in [2.24, 2.45) is 11.7 Å². The number of hydrogen-bond donors (Lipinski definition) is 2. The molecule has 0 radical (unpaired) electrons. The number of aromatic nitrogens is 2. The monoisotopic (exact) mass is 342 g/mol. The van der Waals surface area contributed by atoms with Crippen molar-refractivity contribution in [3.05, 3.63) is 47.7 Å². The third-order valence-electron chi connectivity index (χ3n) is 4.26. The Hall–Kier alpha value is -2.30. The summed E-state index contributed by atoms with van der Waals surface area (Å²) in [6.07, 6.45) is 3.20. The Morgan fingerprint density at radius 2 is 1.92 bits per heavy atom. The molecule has 3 N–H and O–H groups in total. The van der Waals surface area contributed by atoms with E-state index in [4.69, 9.17) is 5.73 Å². The van der Waals surface area contributed by atoms with E-state index < -0.39 is 0 Å². The zero-order chi connectivity index (χ0) is 18.4. The van der Waals surface area contributed by atoms with Gasteiger partial charge in [-0.2, -0.15) is 5.10 Å². The fraction of sp³-hybridized carbons (Fsp3) is 0.500. The van der Waals surface area contributed by atoms with Crippen LogP contribution in [0.5, 0.6) is 0 Å². The van der Waals surface area contributed by atoms with Gasteiger partial charge in [-0.3, -0.25) is 9.48 Å². The van der Waals surface area contributed by atoms with Gasteiger partial charge < -0.3 is 11.1 Å². The molecule has 1 aromatic heterocycles. The third kappa shape index (κ3) is 6.25. The topological polar surface area (TPSA) is 72.9 Å². The average molecular weight is 342 g/mol. The number of primary amides is 1. The second-order valence-electron chi connectivity index (χ2n) is 7.82. The van der Waals surface area contributed by atoms with Gasteiger partial charge in [-0.15, -0.1) is 0 Å². The molecule has 0 bridgehead atoms. The van der Waals surface area contributed by atoms with E-state index in [-0.39, 0.29) is 11.3 Å². The standard InChI is InChI=1S/C20H30N4O/c1-15(13-16-5-7-17(8-6-16)20(2,3)4)14-22-19-10-12-24(23-19)11-9-18(21)25/h5-8,10,12,15H,9,11,13-14H2,1-4H3,(H2,21,25)(H,22,23)/t15-/m0/s1. The molecule has 1 atom stereocenters. The zero-order valence-electron chi connectivity index (χ0n) is 15.7. The Labute approximate surface area is 150 Å². The highest BCUT2D eigenvalue weighted by Crippen LogP contribution is 2.23. The van der Waals surface area contributed by atoms with Crippen molar-refractivity contribution >= 4 is 11.7 Å². The fourth-order valence-electron chi connectivity index (χ4n) is 2.70. The molecule has 0 aliphatic carbocycles. The number of rotatable bonds is 8. The highest BCUT2D eigenvalue weighted by molar-refractivity contribution is 5.73. The number of anilines is 1. The molecule has 2 aromatic rings. The molecular weight excluding hydrogens is 312 g/mol. The van der Waals surface area contributed by atoms with Crippen LogP contribution in [-0.2, 0) is 23.2 Å². The maximum absolute atomic E-state index is 10.8. The van der Waals surface area contributed by atoms with Crippen LogP contribution < -0.4 is 11.1 Å². The first kappa shape index (κ1) is 19.0. The van der Waals surface area contributed by atoms with Gasteiger partial charge in [0, 0.05) is 31.8 Å². The van der Waals surface area contributed by atoms with E-state index in [1.165, 1.54) is 11.1 Å². The Morgan fingerprint density at radius 3 is 2.52 bits per heavy atom. The van der Waals surface area contributed by atoms with Crippen molar-refractivity contribution in [2.75, 3.05) is 11.9 Å². The lowest BCUT2D eigenvalue weighted by atomic mass is 9.86. The van der Waals surface area contributed by atoms with Crippen LogP contribution >= 0.6 is 0 Å². The fourth-order valence-corrected chi connectivity index (χ4v) is 2.70. The summed E-state index contributed by atoms with van der Waals surface area (Å²) in [7, 11) is 0. The minimum Gasteiger partial charge on any atom is -0.370 e. The largest absolute Gasteiger partial charge is 0.370 e. The quantitative estimate of drug-likeness (QED) is 0.773. The highest BCUT2D eigenvalue weighted by atomic mass is 16.1. The van der Waals surface area contributed by atoms with Crippen LogP contribution in [0.2, 0.25) is 0 Å². The van der Waals surface area contributed by atoms with Gasteiger partial charge in [0.15, 0.2) is 0 Å². The third-order valence-corrected chi connectivity index (χ3v) is 4.26. The molecule has 5 heteroatoms. The van der Waals surface area contributed by atoms with E-state index in [1.54, 1.807) is 4.68 Å².